The van der Waals surface area contributed by atoms with Gasteiger partial charge in [0.1, 0.15) is 5.78 Å². The first-order valence-corrected chi connectivity index (χ1v) is 6.87. The molecule has 18 heavy (non-hydrogen) atoms. The number of carbonyl (C=O) groups excluding carboxylic acids is 1. The maximum absolute atomic E-state index is 11.4. The number of Topliss-reactive ketones (excluding diaryl/α,β-unsaturated/α-hetero) is 1. The largest absolute Gasteiger partial charge is 0.389 e. The van der Waals surface area contributed by atoms with E-state index in [4.69, 9.17) is 0 Å². The van der Waals surface area contributed by atoms with Gasteiger partial charge in [-0.1, -0.05) is 6.07 Å². The molecule has 1 saturated carbocycles. The fourth-order valence-electron chi connectivity index (χ4n) is 3.44. The Morgan fingerprint density at radius 2 is 2.06 bits per heavy atom. The molecule has 0 aromatic carbocycles. The number of aliphatic hydroxyl groups is 1. The molecule has 0 radical (unpaired) electrons. The average Bonchev–Trinajstić information content (AvgIpc) is 2.42. The second-order valence-corrected chi connectivity index (χ2v) is 5.63. The minimum atomic E-state index is -0.711. The topological polar surface area (TPSA) is 50.2 Å². The van der Waals surface area contributed by atoms with Gasteiger partial charge < -0.3 is 5.11 Å². The summed E-state index contributed by atoms with van der Waals surface area (Å²) in [5, 5.41) is 10.9. The number of nitrogens with zero attached hydrogens (tertiary/aromatic N) is 1. The third kappa shape index (κ3) is 1.97. The van der Waals surface area contributed by atoms with Gasteiger partial charge in [0.05, 0.1) is 5.60 Å². The predicted octanol–water partition coefficient (Wildman–Crippen LogP) is 2.38. The van der Waals surface area contributed by atoms with Crippen LogP contribution in [0, 0.1) is 0 Å². The van der Waals surface area contributed by atoms with Gasteiger partial charge in [-0.15, -0.1) is 0 Å². The van der Waals surface area contributed by atoms with Crippen LogP contribution in [0.15, 0.2) is 18.3 Å². The molecule has 0 bridgehead atoms. The van der Waals surface area contributed by atoms with E-state index in [0.29, 0.717) is 25.7 Å². The molecule has 2 aliphatic rings. The summed E-state index contributed by atoms with van der Waals surface area (Å²) in [4.78, 5) is 15.8. The minimum absolute atomic E-state index is 0.121. The second kappa shape index (κ2) is 4.47. The first-order valence-electron chi connectivity index (χ1n) is 6.87. The number of hydrogen-bond donors (Lipinski definition) is 1. The zero-order chi connectivity index (χ0) is 12.6. The van der Waals surface area contributed by atoms with Gasteiger partial charge in [0.15, 0.2) is 0 Å². The Morgan fingerprint density at radius 1 is 1.28 bits per heavy atom. The molecule has 0 aliphatic heterocycles. The Morgan fingerprint density at radius 3 is 2.83 bits per heavy atom. The molecule has 0 spiro atoms. The zero-order valence-electron chi connectivity index (χ0n) is 10.6. The van der Waals surface area contributed by atoms with Crippen LogP contribution in [0.25, 0.3) is 0 Å². The van der Waals surface area contributed by atoms with Crippen LogP contribution in [-0.4, -0.2) is 21.5 Å². The molecule has 0 amide bonds. The van der Waals surface area contributed by atoms with Crippen molar-refractivity contribution in [3.8, 4) is 0 Å². The van der Waals surface area contributed by atoms with Crippen molar-refractivity contribution in [2.45, 2.75) is 56.5 Å². The lowest BCUT2D eigenvalue weighted by Gasteiger charge is -2.41. The lowest BCUT2D eigenvalue weighted by molar-refractivity contribution is -0.126. The van der Waals surface area contributed by atoms with Crippen molar-refractivity contribution in [2.75, 3.05) is 0 Å². The van der Waals surface area contributed by atoms with Crippen molar-refractivity contribution < 1.29 is 9.90 Å². The predicted molar refractivity (Wildman–Crippen MR) is 68.3 cm³/mol. The van der Waals surface area contributed by atoms with Gasteiger partial charge >= 0.3 is 0 Å². The van der Waals surface area contributed by atoms with Gasteiger partial charge in [-0.2, -0.15) is 0 Å². The molecule has 96 valence electrons. The van der Waals surface area contributed by atoms with E-state index in [0.717, 1.165) is 25.0 Å². The Kier molecular flexibility index (Phi) is 2.94. The van der Waals surface area contributed by atoms with Gasteiger partial charge in [-0.25, -0.2) is 0 Å². The molecular formula is C15H19NO2. The first kappa shape index (κ1) is 11.8. The Bertz CT molecular complexity index is 459. The number of pyridine rings is 1. The highest BCUT2D eigenvalue weighted by Gasteiger charge is 2.42. The first-order chi connectivity index (χ1) is 8.69. The number of rotatable bonds is 1. The lowest BCUT2D eigenvalue weighted by atomic mass is 9.69. The second-order valence-electron chi connectivity index (χ2n) is 5.63. The Balaban J connectivity index is 1.91. The molecule has 1 aromatic heterocycles. The third-order valence-corrected chi connectivity index (χ3v) is 4.52. The monoisotopic (exact) mass is 245 g/mol. The highest BCUT2D eigenvalue weighted by molar-refractivity contribution is 5.79. The van der Waals surface area contributed by atoms with Crippen LogP contribution >= 0.6 is 0 Å². The summed E-state index contributed by atoms with van der Waals surface area (Å²) in [6.45, 7) is 0. The van der Waals surface area contributed by atoms with Gasteiger partial charge in [-0.3, -0.25) is 9.78 Å². The van der Waals surface area contributed by atoms with Crippen LogP contribution in [0.3, 0.4) is 0 Å². The standard InChI is InChI=1S/C15H19NO2/c17-12-6-8-15(18,9-7-12)13-5-1-3-11-4-2-10-16-14(11)13/h2,4,10,13,18H,1,3,5-9H2. The van der Waals surface area contributed by atoms with Crippen LogP contribution in [0.4, 0.5) is 0 Å². The molecule has 1 heterocycles. The van der Waals surface area contributed by atoms with E-state index in [-0.39, 0.29) is 11.7 Å². The van der Waals surface area contributed by atoms with Crippen LogP contribution in [0.2, 0.25) is 0 Å². The van der Waals surface area contributed by atoms with Gasteiger partial charge in [0.25, 0.3) is 0 Å². The summed E-state index contributed by atoms with van der Waals surface area (Å²) in [6.07, 6.45) is 7.24. The normalized spacial score (nSPS) is 26.7. The van der Waals surface area contributed by atoms with Gasteiger partial charge in [0, 0.05) is 30.7 Å². The highest BCUT2D eigenvalue weighted by atomic mass is 16.3. The summed E-state index contributed by atoms with van der Waals surface area (Å²) in [6, 6.07) is 4.08. The minimum Gasteiger partial charge on any atom is -0.389 e. The van der Waals surface area contributed by atoms with E-state index in [1.165, 1.54) is 5.56 Å². The molecular weight excluding hydrogens is 226 g/mol. The Labute approximate surface area is 107 Å². The summed E-state index contributed by atoms with van der Waals surface area (Å²) >= 11 is 0. The fourth-order valence-corrected chi connectivity index (χ4v) is 3.44. The maximum atomic E-state index is 11.4. The van der Waals surface area contributed by atoms with E-state index >= 15 is 0 Å². The Hall–Kier alpha value is -1.22. The van der Waals surface area contributed by atoms with E-state index in [2.05, 4.69) is 11.1 Å². The quantitative estimate of drug-likeness (QED) is 0.826. The molecule has 3 nitrogen and oxygen atoms in total. The van der Waals surface area contributed by atoms with Gasteiger partial charge in [0.2, 0.25) is 0 Å². The molecule has 3 heteroatoms. The molecule has 0 saturated heterocycles. The SMILES string of the molecule is O=C1CCC(O)(C2CCCc3cccnc32)CC1. The van der Waals surface area contributed by atoms with Crippen LogP contribution < -0.4 is 0 Å². The molecule has 2 aliphatic carbocycles. The van der Waals surface area contributed by atoms with Crippen molar-refractivity contribution in [3.63, 3.8) is 0 Å². The van der Waals surface area contributed by atoms with Crippen molar-refractivity contribution in [2.24, 2.45) is 0 Å². The van der Waals surface area contributed by atoms with Crippen LogP contribution in [0.5, 0.6) is 0 Å². The molecule has 1 fully saturated rings. The van der Waals surface area contributed by atoms with E-state index in [9.17, 15) is 9.90 Å². The molecule has 1 atom stereocenters. The van der Waals surface area contributed by atoms with E-state index in [1.54, 1.807) is 0 Å². The summed E-state index contributed by atoms with van der Waals surface area (Å²) in [5.41, 5.74) is 1.64. The zero-order valence-corrected chi connectivity index (χ0v) is 10.6. The molecule has 1 aromatic rings. The summed E-state index contributed by atoms with van der Waals surface area (Å²) in [7, 11) is 0. The molecule has 3 rings (SSSR count). The highest BCUT2D eigenvalue weighted by Crippen LogP contribution is 2.44. The van der Waals surface area contributed by atoms with E-state index < -0.39 is 5.60 Å². The molecule has 1 unspecified atom stereocenters. The lowest BCUT2D eigenvalue weighted by Crippen LogP contribution is -2.42. The maximum Gasteiger partial charge on any atom is 0.133 e. The summed E-state index contributed by atoms with van der Waals surface area (Å²) < 4.78 is 0. The average molecular weight is 245 g/mol. The fraction of sp³-hybridized carbons (Fsp3) is 0.600. The van der Waals surface area contributed by atoms with Crippen molar-refractivity contribution in [1.82, 2.24) is 4.98 Å². The van der Waals surface area contributed by atoms with Crippen LogP contribution in [-0.2, 0) is 11.2 Å². The number of aryl methyl sites for hydroxylation is 1. The molecule has 1 N–H and O–H groups in total. The van der Waals surface area contributed by atoms with Crippen molar-refractivity contribution in [1.29, 1.82) is 0 Å². The summed E-state index contributed by atoms with van der Waals surface area (Å²) in [5.74, 6) is 0.410. The van der Waals surface area contributed by atoms with Crippen molar-refractivity contribution in [3.05, 3.63) is 29.6 Å². The number of carbonyl (C=O) groups is 1. The number of aromatic nitrogens is 1. The van der Waals surface area contributed by atoms with Gasteiger partial charge in [-0.05, 0) is 43.7 Å². The number of ketones is 1. The number of fused-ring (bicyclic) bond motifs is 1. The smallest absolute Gasteiger partial charge is 0.133 e. The van der Waals surface area contributed by atoms with Crippen LogP contribution in [0.1, 0.15) is 55.7 Å². The third-order valence-electron chi connectivity index (χ3n) is 4.52. The van der Waals surface area contributed by atoms with E-state index in [1.807, 2.05) is 12.3 Å². The number of hydrogen-bond acceptors (Lipinski definition) is 3. The van der Waals surface area contributed by atoms with Crippen molar-refractivity contribution >= 4 is 5.78 Å².